The molecule has 0 saturated carbocycles. The molecule has 4 rings (SSSR count). The van der Waals surface area contributed by atoms with Gasteiger partial charge < -0.3 is 10.2 Å². The molecule has 36 heavy (non-hydrogen) atoms. The zero-order chi connectivity index (χ0) is 25.8. The number of halogens is 2. The predicted molar refractivity (Wildman–Crippen MR) is 136 cm³/mol. The van der Waals surface area contributed by atoms with E-state index in [0.29, 0.717) is 42.9 Å². The van der Waals surface area contributed by atoms with Crippen LogP contribution in [0.25, 0.3) is 0 Å². The molecule has 0 radical (unpaired) electrons. The first-order valence-corrected chi connectivity index (χ1v) is 12.2. The second-order valence-corrected chi connectivity index (χ2v) is 9.50. The molecule has 2 aromatic heterocycles. The number of nitrogens with one attached hydrogen (secondary N) is 1. The number of benzene rings is 1. The van der Waals surface area contributed by atoms with Gasteiger partial charge in [-0.05, 0) is 55.7 Å². The number of carbonyl (C=O) groups is 2. The summed E-state index contributed by atoms with van der Waals surface area (Å²) in [7, 11) is 0. The number of amides is 2. The highest BCUT2D eigenvalue weighted by atomic mass is 35.5. The van der Waals surface area contributed by atoms with Crippen molar-refractivity contribution in [3.8, 4) is 11.8 Å². The fourth-order valence-corrected chi connectivity index (χ4v) is 4.36. The summed E-state index contributed by atoms with van der Waals surface area (Å²) in [4.78, 5) is 31.7. The maximum Gasteiger partial charge on any atom is 0.276 e. The molecule has 1 saturated heterocycles. The van der Waals surface area contributed by atoms with Gasteiger partial charge in [0.1, 0.15) is 17.3 Å². The minimum Gasteiger partial charge on any atom is -0.342 e. The monoisotopic (exact) mass is 507 g/mol. The number of likely N-dealkylation sites (tertiary alicyclic amines) is 1. The molecule has 0 aliphatic carbocycles. The molecule has 1 aliphatic heterocycles. The summed E-state index contributed by atoms with van der Waals surface area (Å²) in [6.45, 7) is 6.84. The molecule has 3 heterocycles. The molecule has 1 N–H and O–H groups in total. The molecule has 1 aliphatic rings. The molecule has 2 amide bonds. The van der Waals surface area contributed by atoms with Crippen molar-refractivity contribution in [2.45, 2.75) is 39.7 Å². The number of aromatic nitrogens is 3. The van der Waals surface area contributed by atoms with Gasteiger partial charge in [0.05, 0.1) is 17.3 Å². The van der Waals surface area contributed by atoms with Gasteiger partial charge in [-0.1, -0.05) is 37.3 Å². The predicted octanol–water partition coefficient (Wildman–Crippen LogP) is 4.85. The van der Waals surface area contributed by atoms with Crippen LogP contribution >= 0.6 is 11.6 Å². The summed E-state index contributed by atoms with van der Waals surface area (Å²) in [6.07, 6.45) is 4.42. The van der Waals surface area contributed by atoms with Crippen molar-refractivity contribution in [1.29, 1.82) is 0 Å². The van der Waals surface area contributed by atoms with Gasteiger partial charge in [-0.25, -0.2) is 9.37 Å². The van der Waals surface area contributed by atoms with Crippen LogP contribution in [0, 0.1) is 30.5 Å². The molecule has 0 unspecified atom stereocenters. The van der Waals surface area contributed by atoms with E-state index in [1.807, 2.05) is 31.7 Å². The maximum atomic E-state index is 13.2. The standard InChI is InChI=1S/C27H27ClFN5O2/c1-17(2)27(36)33-12-10-22(11-13-33)34-24(23(28)16-31-34)26(35)32-25-18(3)14-20(15-30-25)5-4-19-6-8-21(29)9-7-19/h6-9,14-17,22H,10-13H2,1-3H3,(H,30,32,35). The first-order valence-electron chi connectivity index (χ1n) is 11.8. The van der Waals surface area contributed by atoms with Crippen LogP contribution in [0.3, 0.4) is 0 Å². The Morgan fingerprint density at radius 2 is 1.78 bits per heavy atom. The average Bonchev–Trinajstić information content (AvgIpc) is 3.26. The lowest BCUT2D eigenvalue weighted by atomic mass is 10.0. The number of aryl methyl sites for hydroxylation is 1. The Labute approximate surface area is 214 Å². The van der Waals surface area contributed by atoms with Crippen LogP contribution in [0.2, 0.25) is 5.02 Å². The van der Waals surface area contributed by atoms with E-state index < -0.39 is 5.91 Å². The molecule has 0 atom stereocenters. The average molecular weight is 508 g/mol. The highest BCUT2D eigenvalue weighted by Crippen LogP contribution is 2.28. The second-order valence-electron chi connectivity index (χ2n) is 9.10. The molecule has 1 fully saturated rings. The number of anilines is 1. The number of carbonyl (C=O) groups excluding carboxylic acids is 2. The summed E-state index contributed by atoms with van der Waals surface area (Å²) in [5.41, 5.74) is 2.36. The van der Waals surface area contributed by atoms with Gasteiger partial charge in [0.15, 0.2) is 0 Å². The van der Waals surface area contributed by atoms with Gasteiger partial charge in [-0.15, -0.1) is 0 Å². The normalized spacial score (nSPS) is 13.9. The fourth-order valence-electron chi connectivity index (χ4n) is 4.14. The van der Waals surface area contributed by atoms with Crippen LogP contribution in [0.4, 0.5) is 10.2 Å². The molecular weight excluding hydrogens is 481 g/mol. The summed E-state index contributed by atoms with van der Waals surface area (Å²) in [6, 6.07) is 7.71. The van der Waals surface area contributed by atoms with Crippen LogP contribution < -0.4 is 5.32 Å². The number of hydrogen-bond donors (Lipinski definition) is 1. The van der Waals surface area contributed by atoms with E-state index in [1.54, 1.807) is 23.0 Å². The lowest BCUT2D eigenvalue weighted by Gasteiger charge is -2.33. The van der Waals surface area contributed by atoms with Crippen molar-refractivity contribution in [2.75, 3.05) is 18.4 Å². The Bertz CT molecular complexity index is 1330. The van der Waals surface area contributed by atoms with Crippen LogP contribution in [0.15, 0.2) is 42.7 Å². The van der Waals surface area contributed by atoms with Gasteiger partial charge in [-0.3, -0.25) is 14.3 Å². The van der Waals surface area contributed by atoms with Crippen LogP contribution in [-0.2, 0) is 4.79 Å². The Hall–Kier alpha value is -3.70. The van der Waals surface area contributed by atoms with Crippen molar-refractivity contribution in [3.05, 3.63) is 75.9 Å². The van der Waals surface area contributed by atoms with Crippen LogP contribution in [-0.4, -0.2) is 44.6 Å². The van der Waals surface area contributed by atoms with E-state index >= 15 is 0 Å². The van der Waals surface area contributed by atoms with Crippen molar-refractivity contribution in [2.24, 2.45) is 5.92 Å². The highest BCUT2D eigenvalue weighted by molar-refractivity contribution is 6.34. The first-order chi connectivity index (χ1) is 17.2. The Morgan fingerprint density at radius 3 is 2.42 bits per heavy atom. The molecule has 0 bridgehead atoms. The Morgan fingerprint density at radius 1 is 1.11 bits per heavy atom. The van der Waals surface area contributed by atoms with Crippen LogP contribution in [0.5, 0.6) is 0 Å². The minimum atomic E-state index is -0.404. The van der Waals surface area contributed by atoms with Crippen molar-refractivity contribution in [3.63, 3.8) is 0 Å². The zero-order valence-electron chi connectivity index (χ0n) is 20.4. The topological polar surface area (TPSA) is 80.1 Å². The Balaban J connectivity index is 1.46. The molecule has 7 nitrogen and oxygen atoms in total. The van der Waals surface area contributed by atoms with E-state index in [-0.39, 0.29) is 34.4 Å². The number of rotatable bonds is 4. The van der Waals surface area contributed by atoms with E-state index in [1.165, 1.54) is 18.3 Å². The summed E-state index contributed by atoms with van der Waals surface area (Å²) in [5.74, 6) is 5.74. The van der Waals surface area contributed by atoms with E-state index in [2.05, 4.69) is 27.2 Å². The quantitative estimate of drug-likeness (QED) is 0.512. The van der Waals surface area contributed by atoms with Gasteiger partial charge in [0, 0.05) is 36.3 Å². The fraction of sp³-hybridized carbons (Fsp3) is 0.333. The number of hydrogen-bond acceptors (Lipinski definition) is 4. The smallest absolute Gasteiger partial charge is 0.276 e. The van der Waals surface area contributed by atoms with E-state index in [0.717, 1.165) is 5.56 Å². The summed E-state index contributed by atoms with van der Waals surface area (Å²) in [5, 5.41) is 7.45. The summed E-state index contributed by atoms with van der Waals surface area (Å²) >= 11 is 6.35. The number of nitrogens with zero attached hydrogens (tertiary/aromatic N) is 4. The van der Waals surface area contributed by atoms with Gasteiger partial charge in [0.2, 0.25) is 5.91 Å². The third kappa shape index (κ3) is 5.74. The maximum absolute atomic E-state index is 13.2. The lowest BCUT2D eigenvalue weighted by Crippen LogP contribution is -2.41. The third-order valence-electron chi connectivity index (χ3n) is 6.09. The molecular formula is C27H27ClFN5O2. The van der Waals surface area contributed by atoms with Gasteiger partial charge in [-0.2, -0.15) is 5.10 Å². The SMILES string of the molecule is Cc1cc(C#Cc2ccc(F)cc2)cnc1NC(=O)c1c(Cl)cnn1C1CCN(C(=O)C(C)C)CC1. The second kappa shape index (κ2) is 10.9. The zero-order valence-corrected chi connectivity index (χ0v) is 21.1. The number of piperidine rings is 1. The van der Waals surface area contributed by atoms with Crippen LogP contribution in [0.1, 0.15) is 59.9 Å². The highest BCUT2D eigenvalue weighted by Gasteiger charge is 2.29. The third-order valence-corrected chi connectivity index (χ3v) is 6.36. The van der Waals surface area contributed by atoms with Crippen molar-refractivity contribution in [1.82, 2.24) is 19.7 Å². The minimum absolute atomic E-state index is 0.0346. The molecule has 1 aromatic carbocycles. The van der Waals surface area contributed by atoms with Crippen molar-refractivity contribution < 1.29 is 14.0 Å². The van der Waals surface area contributed by atoms with Gasteiger partial charge in [0.25, 0.3) is 5.91 Å². The number of pyridine rings is 1. The molecule has 186 valence electrons. The first kappa shape index (κ1) is 25.4. The van der Waals surface area contributed by atoms with E-state index in [4.69, 9.17) is 11.6 Å². The summed E-state index contributed by atoms with van der Waals surface area (Å²) < 4.78 is 14.7. The molecule has 0 spiro atoms. The van der Waals surface area contributed by atoms with E-state index in [9.17, 15) is 14.0 Å². The molecule has 3 aromatic rings. The van der Waals surface area contributed by atoms with Crippen molar-refractivity contribution >= 4 is 29.2 Å². The lowest BCUT2D eigenvalue weighted by molar-refractivity contribution is -0.135. The van der Waals surface area contributed by atoms with Gasteiger partial charge >= 0.3 is 0 Å². The molecule has 9 heteroatoms. The largest absolute Gasteiger partial charge is 0.342 e. The Kier molecular flexibility index (Phi) is 7.70.